The molecule has 0 aromatic rings. The summed E-state index contributed by atoms with van der Waals surface area (Å²) >= 11 is 0. The number of hydrogen-bond donors (Lipinski definition) is 1. The zero-order valence-corrected chi connectivity index (χ0v) is 8.30. The molecule has 1 fully saturated rings. The fraction of sp³-hybridized carbons (Fsp3) is 0.778. The van der Waals surface area contributed by atoms with E-state index in [1.54, 1.807) is 6.92 Å². The van der Waals surface area contributed by atoms with Crippen LogP contribution in [0.25, 0.3) is 0 Å². The van der Waals surface area contributed by atoms with Crippen LogP contribution in [0, 0.1) is 7.11 Å². The lowest BCUT2D eigenvalue weighted by atomic mass is 10.0. The molecule has 1 radical (unpaired) electrons. The fourth-order valence-electron chi connectivity index (χ4n) is 1.45. The van der Waals surface area contributed by atoms with E-state index >= 15 is 0 Å². The molecule has 0 spiro atoms. The molecule has 0 aliphatic carbocycles. The smallest absolute Gasteiger partial charge is 0.302 e. The minimum atomic E-state index is -0.815. The van der Waals surface area contributed by atoms with Gasteiger partial charge in [-0.25, -0.2) is 0 Å². The van der Waals surface area contributed by atoms with Gasteiger partial charge in [0.15, 0.2) is 6.29 Å². The highest BCUT2D eigenvalue weighted by molar-refractivity contribution is 5.66. The Morgan fingerprint density at radius 2 is 2.29 bits per heavy atom. The van der Waals surface area contributed by atoms with Crippen molar-refractivity contribution in [2.75, 3.05) is 0 Å². The van der Waals surface area contributed by atoms with Crippen LogP contribution in [0.1, 0.15) is 20.3 Å². The van der Waals surface area contributed by atoms with Gasteiger partial charge >= 0.3 is 5.97 Å². The van der Waals surface area contributed by atoms with E-state index < -0.39 is 30.6 Å². The van der Waals surface area contributed by atoms with Crippen LogP contribution in [0.4, 0.5) is 0 Å². The maximum absolute atomic E-state index is 10.7. The summed E-state index contributed by atoms with van der Waals surface area (Å²) in [6.07, 6.45) is -2.06. The SMILES string of the molecule is [CH2]OC1CC(OC(C)=O)C(O)C(C)O1. The number of hydrogen-bond acceptors (Lipinski definition) is 5. The Morgan fingerprint density at radius 3 is 2.79 bits per heavy atom. The number of carbonyl (C=O) groups is 1. The number of ether oxygens (including phenoxy) is 3. The molecular weight excluding hydrogens is 188 g/mol. The first-order valence-electron chi connectivity index (χ1n) is 4.46. The Bertz CT molecular complexity index is 205. The fourth-order valence-corrected chi connectivity index (χ4v) is 1.45. The van der Waals surface area contributed by atoms with Crippen LogP contribution in [0.3, 0.4) is 0 Å². The first-order chi connectivity index (χ1) is 6.54. The van der Waals surface area contributed by atoms with Crippen molar-refractivity contribution in [2.45, 2.75) is 44.9 Å². The summed E-state index contributed by atoms with van der Waals surface area (Å²) in [5, 5.41) is 9.62. The van der Waals surface area contributed by atoms with Crippen molar-refractivity contribution in [1.82, 2.24) is 0 Å². The van der Waals surface area contributed by atoms with E-state index in [1.165, 1.54) is 6.92 Å². The molecule has 0 saturated carbocycles. The molecule has 4 atom stereocenters. The zero-order chi connectivity index (χ0) is 10.7. The molecule has 4 unspecified atom stereocenters. The molecule has 81 valence electrons. The molecule has 0 aromatic heterocycles. The third-order valence-electron chi connectivity index (χ3n) is 2.16. The van der Waals surface area contributed by atoms with E-state index in [9.17, 15) is 9.90 Å². The van der Waals surface area contributed by atoms with Gasteiger partial charge in [-0.15, -0.1) is 0 Å². The Kier molecular flexibility index (Phi) is 3.86. The average Bonchev–Trinajstić information content (AvgIpc) is 2.11. The van der Waals surface area contributed by atoms with Crippen LogP contribution in [0.15, 0.2) is 0 Å². The largest absolute Gasteiger partial charge is 0.459 e. The second-order valence-electron chi connectivity index (χ2n) is 3.31. The number of aliphatic hydroxyl groups excluding tert-OH is 1. The van der Waals surface area contributed by atoms with Crippen LogP contribution in [-0.4, -0.2) is 35.7 Å². The van der Waals surface area contributed by atoms with Gasteiger partial charge in [0, 0.05) is 13.3 Å². The summed E-state index contributed by atoms with van der Waals surface area (Å²) in [5.41, 5.74) is 0. The van der Waals surface area contributed by atoms with Gasteiger partial charge in [0.1, 0.15) is 12.2 Å². The second kappa shape index (κ2) is 4.72. The van der Waals surface area contributed by atoms with E-state index in [1.807, 2.05) is 0 Å². The van der Waals surface area contributed by atoms with Crippen molar-refractivity contribution in [2.24, 2.45) is 0 Å². The van der Waals surface area contributed by atoms with Crippen molar-refractivity contribution in [3.8, 4) is 0 Å². The Labute approximate surface area is 82.9 Å². The topological polar surface area (TPSA) is 65.0 Å². The highest BCUT2D eigenvalue weighted by Gasteiger charge is 2.37. The van der Waals surface area contributed by atoms with Crippen LogP contribution in [0.2, 0.25) is 0 Å². The number of carbonyl (C=O) groups excluding carboxylic acids is 1. The van der Waals surface area contributed by atoms with Gasteiger partial charge in [0.25, 0.3) is 0 Å². The molecule has 5 heteroatoms. The van der Waals surface area contributed by atoms with E-state index in [4.69, 9.17) is 14.2 Å². The lowest BCUT2D eigenvalue weighted by Crippen LogP contribution is -2.48. The Balaban J connectivity index is 2.57. The maximum atomic E-state index is 10.7. The van der Waals surface area contributed by atoms with Crippen molar-refractivity contribution in [3.63, 3.8) is 0 Å². The van der Waals surface area contributed by atoms with Gasteiger partial charge in [0.2, 0.25) is 0 Å². The molecule has 1 heterocycles. The highest BCUT2D eigenvalue weighted by atomic mass is 16.7. The number of rotatable bonds is 2. The third-order valence-corrected chi connectivity index (χ3v) is 2.16. The Hall–Kier alpha value is -0.650. The summed E-state index contributed by atoms with van der Waals surface area (Å²) in [6, 6.07) is 0. The summed E-state index contributed by atoms with van der Waals surface area (Å²) in [6.45, 7) is 2.99. The summed E-state index contributed by atoms with van der Waals surface area (Å²) in [4.78, 5) is 10.7. The molecule has 0 amide bonds. The number of esters is 1. The van der Waals surface area contributed by atoms with E-state index in [2.05, 4.69) is 7.11 Å². The molecule has 14 heavy (non-hydrogen) atoms. The first-order valence-corrected chi connectivity index (χ1v) is 4.46. The molecule has 0 bridgehead atoms. The third kappa shape index (κ3) is 2.67. The highest BCUT2D eigenvalue weighted by Crippen LogP contribution is 2.23. The lowest BCUT2D eigenvalue weighted by Gasteiger charge is -2.36. The van der Waals surface area contributed by atoms with Crippen LogP contribution in [-0.2, 0) is 19.0 Å². The van der Waals surface area contributed by atoms with Gasteiger partial charge in [-0.1, -0.05) is 0 Å². The molecule has 1 saturated heterocycles. The predicted octanol–water partition coefficient (Wildman–Crippen LogP) is 0.222. The minimum absolute atomic E-state index is 0.300. The maximum Gasteiger partial charge on any atom is 0.302 e. The number of aliphatic hydroxyl groups is 1. The van der Waals surface area contributed by atoms with Crippen molar-refractivity contribution in [1.29, 1.82) is 0 Å². The van der Waals surface area contributed by atoms with E-state index in [0.717, 1.165) is 0 Å². The molecule has 1 rings (SSSR count). The normalized spacial score (nSPS) is 38.0. The van der Waals surface area contributed by atoms with E-state index in [0.29, 0.717) is 6.42 Å². The van der Waals surface area contributed by atoms with Gasteiger partial charge in [-0.3, -0.25) is 4.79 Å². The second-order valence-corrected chi connectivity index (χ2v) is 3.31. The van der Waals surface area contributed by atoms with Crippen LogP contribution < -0.4 is 0 Å². The van der Waals surface area contributed by atoms with Gasteiger partial charge in [-0.05, 0) is 6.92 Å². The van der Waals surface area contributed by atoms with Crippen LogP contribution >= 0.6 is 0 Å². The average molecular weight is 203 g/mol. The van der Waals surface area contributed by atoms with Crippen molar-refractivity contribution in [3.05, 3.63) is 7.11 Å². The summed E-state index contributed by atoms with van der Waals surface area (Å²) in [7, 11) is 3.24. The molecule has 1 N–H and O–H groups in total. The summed E-state index contributed by atoms with van der Waals surface area (Å²) in [5.74, 6) is -0.425. The quantitative estimate of drug-likeness (QED) is 0.650. The molecule has 1 aliphatic heterocycles. The van der Waals surface area contributed by atoms with Crippen molar-refractivity contribution >= 4 is 5.97 Å². The molecule has 5 nitrogen and oxygen atoms in total. The van der Waals surface area contributed by atoms with Crippen LogP contribution in [0.5, 0.6) is 0 Å². The van der Waals surface area contributed by atoms with E-state index in [-0.39, 0.29) is 0 Å². The monoisotopic (exact) mass is 203 g/mol. The molecule has 1 aliphatic rings. The standard InChI is InChI=1S/C9H15O5/c1-5-9(11)7(14-6(2)10)4-8(12-3)13-5/h5,7-9,11H,3-4H2,1-2H3. The predicted molar refractivity (Wildman–Crippen MR) is 47.0 cm³/mol. The lowest BCUT2D eigenvalue weighted by molar-refractivity contribution is -0.236. The summed E-state index contributed by atoms with van der Waals surface area (Å²) < 4.78 is 14.9. The Morgan fingerprint density at radius 1 is 1.64 bits per heavy atom. The molecular formula is C9H15O5. The van der Waals surface area contributed by atoms with Gasteiger partial charge in [-0.2, -0.15) is 0 Å². The van der Waals surface area contributed by atoms with Crippen molar-refractivity contribution < 1.29 is 24.1 Å². The first kappa shape index (κ1) is 11.4. The molecule has 0 aromatic carbocycles. The van der Waals surface area contributed by atoms with Gasteiger partial charge < -0.3 is 19.3 Å². The minimum Gasteiger partial charge on any atom is -0.459 e. The zero-order valence-electron chi connectivity index (χ0n) is 8.30. The van der Waals surface area contributed by atoms with Gasteiger partial charge in [0.05, 0.1) is 13.2 Å².